The second-order valence-electron chi connectivity index (χ2n) is 7.35. The zero-order chi connectivity index (χ0) is 16.6. The van der Waals surface area contributed by atoms with E-state index < -0.39 is 0 Å². The minimum absolute atomic E-state index is 0.342. The maximum absolute atomic E-state index is 6.27. The first-order valence-electron chi connectivity index (χ1n) is 9.33. The van der Waals surface area contributed by atoms with Crippen molar-refractivity contribution in [1.29, 1.82) is 0 Å². The van der Waals surface area contributed by atoms with E-state index in [0.717, 1.165) is 29.7 Å². The molecule has 130 valence electrons. The van der Waals surface area contributed by atoms with Gasteiger partial charge in [0.25, 0.3) is 0 Å². The first kappa shape index (κ1) is 15.2. The van der Waals surface area contributed by atoms with Crippen LogP contribution in [-0.4, -0.2) is 53.6 Å². The number of hydrogen-bond acceptors (Lipinski definition) is 4. The molecule has 3 aliphatic heterocycles. The lowest BCUT2D eigenvalue weighted by Crippen LogP contribution is -2.49. The van der Waals surface area contributed by atoms with Gasteiger partial charge in [0.15, 0.2) is 0 Å². The minimum atomic E-state index is 0.342. The number of aromatic nitrogens is 1. The summed E-state index contributed by atoms with van der Waals surface area (Å²) < 4.78 is 0. The van der Waals surface area contributed by atoms with E-state index in [1.807, 2.05) is 17.6 Å². The van der Waals surface area contributed by atoms with Crippen LogP contribution in [0.4, 0.5) is 0 Å². The van der Waals surface area contributed by atoms with Crippen LogP contribution in [0.2, 0.25) is 0 Å². The van der Waals surface area contributed by atoms with Crippen LogP contribution in [0, 0.1) is 5.92 Å². The van der Waals surface area contributed by atoms with Gasteiger partial charge in [-0.25, -0.2) is 10.1 Å². The van der Waals surface area contributed by atoms with Crippen LogP contribution >= 0.6 is 0 Å². The summed E-state index contributed by atoms with van der Waals surface area (Å²) in [5, 5.41) is 3.13. The molecule has 1 unspecified atom stereocenters. The van der Waals surface area contributed by atoms with E-state index in [9.17, 15) is 0 Å². The molecule has 0 saturated carbocycles. The second kappa shape index (κ2) is 6.32. The quantitative estimate of drug-likeness (QED) is 0.935. The molecule has 0 radical (unpaired) electrons. The van der Waals surface area contributed by atoms with Crippen molar-refractivity contribution >= 4 is 22.9 Å². The van der Waals surface area contributed by atoms with Gasteiger partial charge in [-0.1, -0.05) is 6.07 Å². The summed E-state index contributed by atoms with van der Waals surface area (Å²) in [5.74, 6) is 0.678. The Bertz CT molecular complexity index is 824. The number of hydroxylamine groups is 2. The molecule has 5 heteroatoms. The molecule has 2 aromatic rings. The number of aromatic amines is 1. The van der Waals surface area contributed by atoms with Gasteiger partial charge in [-0.05, 0) is 50.1 Å². The van der Waals surface area contributed by atoms with Crippen molar-refractivity contribution in [1.82, 2.24) is 14.9 Å². The van der Waals surface area contributed by atoms with E-state index in [2.05, 4.69) is 45.2 Å². The van der Waals surface area contributed by atoms with Crippen LogP contribution < -0.4 is 0 Å². The number of nitrogens with zero attached hydrogens (tertiary/aromatic N) is 3. The number of piperidine rings is 2. The maximum Gasteiger partial charge on any atom is 0.117 e. The van der Waals surface area contributed by atoms with Crippen LogP contribution in [0.1, 0.15) is 24.8 Å². The van der Waals surface area contributed by atoms with E-state index in [1.165, 1.54) is 37.9 Å². The number of nitrogens with one attached hydrogen (secondary N) is 1. The topological polar surface area (TPSA) is 43.9 Å². The van der Waals surface area contributed by atoms with E-state index in [4.69, 9.17) is 4.84 Å². The fourth-order valence-corrected chi connectivity index (χ4v) is 4.33. The lowest BCUT2D eigenvalue weighted by molar-refractivity contribution is -0.177. The number of fused-ring (bicyclic) bond motifs is 3. The molecule has 0 aliphatic carbocycles. The van der Waals surface area contributed by atoms with Crippen molar-refractivity contribution < 1.29 is 4.84 Å². The summed E-state index contributed by atoms with van der Waals surface area (Å²) in [4.78, 5) is 16.7. The average molecular weight is 336 g/mol. The largest absolute Gasteiger partial charge is 0.361 e. The summed E-state index contributed by atoms with van der Waals surface area (Å²) in [5.41, 5.74) is 3.34. The number of aliphatic imine (C=N–C) groups is 1. The van der Waals surface area contributed by atoms with Crippen molar-refractivity contribution in [3.63, 3.8) is 0 Å². The standard InChI is InChI=1S/C20H24N4O/c1-2-17-13-23(9-1)10-7-20(17)25-24-11-6-19(22-14-24)15-3-4-18-16(12-15)5-8-21-18/h3-6,8,12,14,17,20-21H,1-2,7,9-11,13H2/t17-,20+/m1/s1. The Morgan fingerprint density at radius 1 is 1.16 bits per heavy atom. The van der Waals surface area contributed by atoms with Crippen molar-refractivity contribution in [3.05, 3.63) is 42.1 Å². The molecular formula is C20H24N4O. The predicted octanol–water partition coefficient (Wildman–Crippen LogP) is 3.27. The molecule has 1 aromatic heterocycles. The number of rotatable bonds is 3. The third-order valence-corrected chi connectivity index (χ3v) is 5.71. The van der Waals surface area contributed by atoms with E-state index in [0.29, 0.717) is 12.0 Å². The zero-order valence-electron chi connectivity index (χ0n) is 14.4. The Hall–Kier alpha value is -2.11. The van der Waals surface area contributed by atoms with Crippen molar-refractivity contribution in [2.24, 2.45) is 10.9 Å². The highest BCUT2D eigenvalue weighted by atomic mass is 16.7. The lowest BCUT2D eigenvalue weighted by atomic mass is 9.87. The van der Waals surface area contributed by atoms with Gasteiger partial charge in [0.1, 0.15) is 6.34 Å². The van der Waals surface area contributed by atoms with Crippen LogP contribution in [0.5, 0.6) is 0 Å². The Morgan fingerprint density at radius 3 is 3.08 bits per heavy atom. The molecule has 2 bridgehead atoms. The van der Waals surface area contributed by atoms with Gasteiger partial charge in [0.2, 0.25) is 0 Å². The molecule has 3 aliphatic rings. The van der Waals surface area contributed by atoms with Crippen LogP contribution in [0.25, 0.3) is 16.6 Å². The van der Waals surface area contributed by atoms with E-state index >= 15 is 0 Å². The molecule has 2 saturated heterocycles. The normalized spacial score (nSPS) is 29.0. The minimum Gasteiger partial charge on any atom is -0.361 e. The molecule has 1 N–H and O–H groups in total. The third-order valence-electron chi connectivity index (χ3n) is 5.71. The zero-order valence-corrected chi connectivity index (χ0v) is 14.4. The molecule has 1 aromatic carbocycles. The molecule has 5 nitrogen and oxygen atoms in total. The molecule has 25 heavy (non-hydrogen) atoms. The van der Waals surface area contributed by atoms with Gasteiger partial charge in [-0.15, -0.1) is 0 Å². The maximum atomic E-state index is 6.27. The van der Waals surface area contributed by atoms with Gasteiger partial charge < -0.3 is 9.88 Å². The first-order chi connectivity index (χ1) is 12.3. The highest BCUT2D eigenvalue weighted by Crippen LogP contribution is 2.30. The van der Waals surface area contributed by atoms with Gasteiger partial charge in [0, 0.05) is 41.7 Å². The predicted molar refractivity (Wildman–Crippen MR) is 100 cm³/mol. The Morgan fingerprint density at radius 2 is 2.16 bits per heavy atom. The fourth-order valence-electron chi connectivity index (χ4n) is 4.33. The lowest BCUT2D eigenvalue weighted by Gasteiger charge is -2.43. The Balaban J connectivity index is 1.25. The van der Waals surface area contributed by atoms with Crippen LogP contribution in [0.15, 0.2) is 41.5 Å². The second-order valence-corrected chi connectivity index (χ2v) is 7.35. The Kier molecular flexibility index (Phi) is 3.83. The van der Waals surface area contributed by atoms with Gasteiger partial charge in [-0.2, -0.15) is 0 Å². The molecule has 0 spiro atoms. The number of benzene rings is 1. The summed E-state index contributed by atoms with van der Waals surface area (Å²) >= 11 is 0. The third kappa shape index (κ3) is 2.98. The van der Waals surface area contributed by atoms with E-state index in [1.54, 1.807) is 0 Å². The fraction of sp³-hybridized carbons (Fsp3) is 0.450. The van der Waals surface area contributed by atoms with Gasteiger partial charge in [0.05, 0.1) is 18.3 Å². The Labute approximate surface area is 147 Å². The highest BCUT2D eigenvalue weighted by Gasteiger charge is 2.34. The van der Waals surface area contributed by atoms with Gasteiger partial charge >= 0.3 is 0 Å². The monoisotopic (exact) mass is 336 g/mol. The number of H-pyrrole nitrogens is 1. The van der Waals surface area contributed by atoms with Crippen molar-refractivity contribution in [2.75, 3.05) is 26.2 Å². The van der Waals surface area contributed by atoms with Crippen molar-refractivity contribution in [3.8, 4) is 0 Å². The summed E-state index contributed by atoms with van der Waals surface area (Å²) in [6.07, 6.45) is 10.1. The average Bonchev–Trinajstić information content (AvgIpc) is 3.13. The molecule has 0 amide bonds. The summed E-state index contributed by atoms with van der Waals surface area (Å²) in [6.45, 7) is 4.40. The molecule has 2 fully saturated rings. The molecule has 3 atom stereocenters. The smallest absolute Gasteiger partial charge is 0.117 e. The van der Waals surface area contributed by atoms with Crippen LogP contribution in [-0.2, 0) is 4.84 Å². The molecule has 4 heterocycles. The molecular weight excluding hydrogens is 312 g/mol. The van der Waals surface area contributed by atoms with Crippen molar-refractivity contribution in [2.45, 2.75) is 25.4 Å². The van der Waals surface area contributed by atoms with Crippen LogP contribution in [0.3, 0.4) is 0 Å². The number of hydrogen-bond donors (Lipinski definition) is 1. The summed E-state index contributed by atoms with van der Waals surface area (Å²) in [7, 11) is 0. The van der Waals surface area contributed by atoms with Gasteiger partial charge in [-0.3, -0.25) is 4.84 Å². The summed E-state index contributed by atoms with van der Waals surface area (Å²) in [6, 6.07) is 8.51. The first-order valence-corrected chi connectivity index (χ1v) is 9.33. The SMILES string of the molecule is C1=NC(c2ccc3[nH]ccc3c2)=CCN1O[C@H]1CCN2CCC[C@@H]1C2. The molecule has 5 rings (SSSR count). The highest BCUT2D eigenvalue weighted by molar-refractivity contribution is 5.85. The van der Waals surface area contributed by atoms with E-state index in [-0.39, 0.29) is 0 Å².